The molecule has 40 heavy (non-hydrogen) atoms. The molecule has 0 saturated carbocycles. The van der Waals surface area contributed by atoms with Gasteiger partial charge in [0.05, 0.1) is 25.7 Å². The van der Waals surface area contributed by atoms with Gasteiger partial charge in [-0.25, -0.2) is 4.79 Å². The van der Waals surface area contributed by atoms with E-state index in [4.69, 9.17) is 16.6 Å². The molecular weight excluding hydrogens is 538 g/mol. The van der Waals surface area contributed by atoms with Gasteiger partial charge in [0.2, 0.25) is 35.4 Å². The molecule has 0 aromatic carbocycles. The molecule has 12 N–H and O–H groups in total. The average Bonchev–Trinajstić information content (AvgIpc) is 3.38. The van der Waals surface area contributed by atoms with Crippen LogP contribution in [-0.4, -0.2) is 129 Å². The molecule has 1 fully saturated rings. The van der Waals surface area contributed by atoms with Gasteiger partial charge in [-0.2, -0.15) is 0 Å². The summed E-state index contributed by atoms with van der Waals surface area (Å²) in [5.41, 5.74) is 10.5. The summed E-state index contributed by atoms with van der Waals surface area (Å²) in [5, 5.41) is 46.4. The summed E-state index contributed by atoms with van der Waals surface area (Å²) in [6.07, 6.45) is -1.62. The van der Waals surface area contributed by atoms with Gasteiger partial charge in [0.25, 0.3) is 0 Å². The fraction of sp³-hybridized carbons (Fsp3) is 0.682. The molecular formula is C22H37N7O11. The summed E-state index contributed by atoms with van der Waals surface area (Å²) >= 11 is 0. The topological polar surface area (TPSA) is 304 Å². The lowest BCUT2D eigenvalue weighted by Gasteiger charge is -2.28. The molecule has 6 amide bonds. The third-order valence-corrected chi connectivity index (χ3v) is 6.00. The van der Waals surface area contributed by atoms with E-state index in [0.29, 0.717) is 6.42 Å². The molecule has 0 unspecified atom stereocenters. The normalized spacial score (nSPS) is 19.2. The lowest BCUT2D eigenvalue weighted by molar-refractivity contribution is -0.149. The summed E-state index contributed by atoms with van der Waals surface area (Å²) < 4.78 is 0. The third-order valence-electron chi connectivity index (χ3n) is 6.00. The first-order valence-electron chi connectivity index (χ1n) is 12.3. The summed E-state index contributed by atoms with van der Waals surface area (Å²) in [5.74, 6) is -7.26. The lowest BCUT2D eigenvalue weighted by Crippen LogP contribution is -2.61. The van der Waals surface area contributed by atoms with Gasteiger partial charge in [-0.3, -0.25) is 28.8 Å². The number of rotatable bonds is 15. The zero-order valence-corrected chi connectivity index (χ0v) is 22.0. The Morgan fingerprint density at radius 1 is 0.875 bits per heavy atom. The Labute approximate surface area is 228 Å². The number of carboxylic acid groups (broad SMARTS) is 1. The molecule has 0 aromatic rings. The number of hydrogen-bond acceptors (Lipinski definition) is 11. The highest BCUT2D eigenvalue weighted by Gasteiger charge is 2.38. The molecule has 1 saturated heterocycles. The zero-order valence-electron chi connectivity index (χ0n) is 22.0. The summed E-state index contributed by atoms with van der Waals surface area (Å²) in [7, 11) is 0. The van der Waals surface area contributed by atoms with E-state index in [-0.39, 0.29) is 13.0 Å². The summed E-state index contributed by atoms with van der Waals surface area (Å²) in [6, 6.07) is -8.76. The molecule has 0 radical (unpaired) electrons. The van der Waals surface area contributed by atoms with E-state index in [9.17, 15) is 48.9 Å². The summed E-state index contributed by atoms with van der Waals surface area (Å²) in [6.45, 7) is 0.888. The highest BCUT2D eigenvalue weighted by molar-refractivity contribution is 5.98. The Hall–Kier alpha value is -3.87. The Morgan fingerprint density at radius 3 is 1.95 bits per heavy atom. The molecule has 1 aliphatic heterocycles. The maximum atomic E-state index is 12.9. The van der Waals surface area contributed by atoms with Gasteiger partial charge < -0.3 is 58.1 Å². The predicted molar refractivity (Wildman–Crippen MR) is 133 cm³/mol. The van der Waals surface area contributed by atoms with Crippen molar-refractivity contribution in [1.82, 2.24) is 26.2 Å². The van der Waals surface area contributed by atoms with Crippen LogP contribution in [0.1, 0.15) is 33.1 Å². The van der Waals surface area contributed by atoms with Crippen LogP contribution in [0, 0.1) is 0 Å². The number of carbonyl (C=O) groups excluding carboxylic acids is 6. The molecule has 0 aliphatic carbocycles. The smallest absolute Gasteiger partial charge is 0.326 e. The van der Waals surface area contributed by atoms with Crippen molar-refractivity contribution in [3.8, 4) is 0 Å². The summed E-state index contributed by atoms with van der Waals surface area (Å²) in [4.78, 5) is 86.9. The van der Waals surface area contributed by atoms with Crippen molar-refractivity contribution in [2.24, 2.45) is 11.5 Å². The van der Waals surface area contributed by atoms with Gasteiger partial charge in [0.15, 0.2) is 0 Å². The van der Waals surface area contributed by atoms with Gasteiger partial charge in [-0.1, -0.05) is 0 Å². The second kappa shape index (κ2) is 15.7. The van der Waals surface area contributed by atoms with Crippen molar-refractivity contribution in [1.29, 1.82) is 0 Å². The molecule has 0 aromatic heterocycles. The van der Waals surface area contributed by atoms with Crippen LogP contribution in [0.25, 0.3) is 0 Å². The van der Waals surface area contributed by atoms with Crippen molar-refractivity contribution >= 4 is 41.4 Å². The Bertz CT molecular complexity index is 977. The highest BCUT2D eigenvalue weighted by Crippen LogP contribution is 2.18. The standard InChI is InChI=1S/C22H37N7O11/c1-9(21(38)29-5-3-4-14(29)22(39)40)25-20(37)16(10(2)32)28-18(35)12(6-15(24)33)26-19(36)13(8-31)27-17(34)11(23)7-30/h9-14,16,30-32H,3-8,23H2,1-2H3,(H2,24,33)(H,25,37)(H,26,36)(H,27,34)(H,28,35)(H,39,40)/t9-,10+,11-,12-,13-,14-,16-/m0/s1. The minimum absolute atomic E-state index is 0.169. The molecule has 1 heterocycles. The fourth-order valence-corrected chi connectivity index (χ4v) is 3.80. The monoisotopic (exact) mass is 575 g/mol. The SMILES string of the molecule is C[C@H](NC(=O)[C@@H](NC(=O)[C@H](CC(N)=O)NC(=O)[C@H](CO)NC(=O)[C@@H](N)CO)[C@@H](C)O)C(=O)N1CCC[C@H]1C(=O)O. The minimum Gasteiger partial charge on any atom is -0.480 e. The number of aliphatic hydroxyl groups excluding tert-OH is 3. The van der Waals surface area contributed by atoms with E-state index in [0.717, 1.165) is 11.8 Å². The maximum absolute atomic E-state index is 12.9. The largest absolute Gasteiger partial charge is 0.480 e. The van der Waals surface area contributed by atoms with E-state index in [1.165, 1.54) is 6.92 Å². The molecule has 1 aliphatic rings. The van der Waals surface area contributed by atoms with Crippen LogP contribution in [0.4, 0.5) is 0 Å². The number of nitrogens with two attached hydrogens (primary N) is 2. The van der Waals surface area contributed by atoms with E-state index in [2.05, 4.69) is 16.0 Å². The number of aliphatic carboxylic acids is 1. The van der Waals surface area contributed by atoms with Crippen LogP contribution >= 0.6 is 0 Å². The second-order valence-electron chi connectivity index (χ2n) is 9.25. The van der Waals surface area contributed by atoms with Gasteiger partial charge in [-0.15, -0.1) is 0 Å². The quantitative estimate of drug-likeness (QED) is 0.0871. The number of primary amides is 1. The predicted octanol–water partition coefficient (Wildman–Crippen LogP) is -6.41. The van der Waals surface area contributed by atoms with Crippen molar-refractivity contribution in [2.75, 3.05) is 19.8 Å². The van der Waals surface area contributed by atoms with Crippen LogP contribution in [0.15, 0.2) is 0 Å². The number of likely N-dealkylation sites (tertiary alicyclic amines) is 1. The number of hydrogen-bond donors (Lipinski definition) is 10. The number of aliphatic hydroxyl groups is 3. The Kier molecular flexibility index (Phi) is 13.4. The van der Waals surface area contributed by atoms with Gasteiger partial charge in [0.1, 0.15) is 36.3 Å². The zero-order chi connectivity index (χ0) is 30.7. The first kappa shape index (κ1) is 34.2. The van der Waals surface area contributed by atoms with E-state index in [1.807, 2.05) is 5.32 Å². The van der Waals surface area contributed by atoms with E-state index in [1.54, 1.807) is 0 Å². The molecule has 0 spiro atoms. The lowest BCUT2D eigenvalue weighted by atomic mass is 10.1. The molecule has 7 atom stereocenters. The number of amides is 6. The van der Waals surface area contributed by atoms with Crippen LogP contribution in [-0.2, 0) is 33.6 Å². The van der Waals surface area contributed by atoms with Crippen molar-refractivity contribution in [2.45, 2.75) is 75.5 Å². The van der Waals surface area contributed by atoms with Gasteiger partial charge in [-0.05, 0) is 26.7 Å². The van der Waals surface area contributed by atoms with Crippen molar-refractivity contribution in [3.63, 3.8) is 0 Å². The average molecular weight is 576 g/mol. The molecule has 226 valence electrons. The van der Waals surface area contributed by atoms with E-state index < -0.39 is 103 Å². The van der Waals surface area contributed by atoms with Crippen molar-refractivity contribution in [3.05, 3.63) is 0 Å². The molecule has 18 nitrogen and oxygen atoms in total. The number of carboxylic acids is 1. The molecule has 0 bridgehead atoms. The first-order valence-corrected chi connectivity index (χ1v) is 12.3. The van der Waals surface area contributed by atoms with Gasteiger partial charge in [0, 0.05) is 6.54 Å². The van der Waals surface area contributed by atoms with Crippen LogP contribution in [0.5, 0.6) is 0 Å². The van der Waals surface area contributed by atoms with E-state index >= 15 is 0 Å². The number of carbonyl (C=O) groups is 7. The maximum Gasteiger partial charge on any atom is 0.326 e. The first-order chi connectivity index (χ1) is 18.6. The second-order valence-corrected chi connectivity index (χ2v) is 9.25. The highest BCUT2D eigenvalue weighted by atomic mass is 16.4. The Morgan fingerprint density at radius 2 is 1.45 bits per heavy atom. The van der Waals surface area contributed by atoms with Crippen LogP contribution < -0.4 is 32.7 Å². The fourth-order valence-electron chi connectivity index (χ4n) is 3.80. The third kappa shape index (κ3) is 9.70. The molecule has 18 heteroatoms. The van der Waals surface area contributed by atoms with Crippen LogP contribution in [0.3, 0.4) is 0 Å². The van der Waals surface area contributed by atoms with Crippen molar-refractivity contribution < 1.29 is 54.0 Å². The molecule has 1 rings (SSSR count). The van der Waals surface area contributed by atoms with Crippen LogP contribution in [0.2, 0.25) is 0 Å². The van der Waals surface area contributed by atoms with Gasteiger partial charge >= 0.3 is 5.97 Å². The Balaban J connectivity index is 2.97. The minimum atomic E-state index is -1.73. The number of nitrogens with one attached hydrogen (secondary N) is 4. The number of nitrogens with zero attached hydrogens (tertiary/aromatic N) is 1.